The molecule has 0 aliphatic heterocycles. The Labute approximate surface area is 122 Å². The summed E-state index contributed by atoms with van der Waals surface area (Å²) in [4.78, 5) is 2.23. The third kappa shape index (κ3) is 4.76. The normalized spacial score (nSPS) is 12.7. The van der Waals surface area contributed by atoms with Crippen LogP contribution >= 0.6 is 0 Å². The predicted molar refractivity (Wildman–Crippen MR) is 81.8 cm³/mol. The summed E-state index contributed by atoms with van der Waals surface area (Å²) in [6, 6.07) is 5.00. The minimum absolute atomic E-state index is 0.0138. The molecule has 0 bridgehead atoms. The lowest BCUT2D eigenvalue weighted by atomic mass is 10.0. The number of hydrogen-bond acceptors (Lipinski definition) is 3. The highest BCUT2D eigenvalue weighted by Gasteiger charge is 2.20. The van der Waals surface area contributed by atoms with Crippen molar-refractivity contribution in [2.75, 3.05) is 33.8 Å². The van der Waals surface area contributed by atoms with Crippen molar-refractivity contribution >= 4 is 0 Å². The van der Waals surface area contributed by atoms with Gasteiger partial charge in [-0.05, 0) is 51.7 Å². The molecule has 0 radical (unpaired) electrons. The van der Waals surface area contributed by atoms with E-state index >= 15 is 0 Å². The van der Waals surface area contributed by atoms with Crippen molar-refractivity contribution in [3.05, 3.63) is 29.6 Å². The zero-order valence-corrected chi connectivity index (χ0v) is 13.1. The highest BCUT2D eigenvalue weighted by molar-refractivity contribution is 5.37. The summed E-state index contributed by atoms with van der Waals surface area (Å²) in [7, 11) is 3.67. The van der Waals surface area contributed by atoms with Crippen molar-refractivity contribution in [1.82, 2.24) is 10.2 Å². The van der Waals surface area contributed by atoms with Crippen LogP contribution in [0.5, 0.6) is 5.75 Å². The average Bonchev–Trinajstić information content (AvgIpc) is 2.47. The fraction of sp³-hybridized carbons (Fsp3) is 0.625. The van der Waals surface area contributed by atoms with E-state index in [9.17, 15) is 4.39 Å². The van der Waals surface area contributed by atoms with E-state index in [0.717, 1.165) is 32.5 Å². The van der Waals surface area contributed by atoms with Crippen LogP contribution in [0.25, 0.3) is 0 Å². The second-order valence-electron chi connectivity index (χ2n) is 5.05. The maximum Gasteiger partial charge on any atom is 0.131 e. The Morgan fingerprint density at radius 2 is 2.10 bits per heavy atom. The fourth-order valence-corrected chi connectivity index (χ4v) is 2.21. The van der Waals surface area contributed by atoms with E-state index in [4.69, 9.17) is 4.74 Å². The Bertz CT molecular complexity index is 398. The maximum absolute atomic E-state index is 14.2. The zero-order valence-electron chi connectivity index (χ0n) is 13.1. The SMILES string of the molecule is CCCNC(CCN(C)CC)c1c(F)cccc1OC. The van der Waals surface area contributed by atoms with Crippen LogP contribution in [0.4, 0.5) is 4.39 Å². The Morgan fingerprint density at radius 1 is 1.35 bits per heavy atom. The highest BCUT2D eigenvalue weighted by atomic mass is 19.1. The molecule has 1 rings (SSSR count). The first-order chi connectivity index (χ1) is 9.63. The molecule has 20 heavy (non-hydrogen) atoms. The van der Waals surface area contributed by atoms with Gasteiger partial charge in [-0.2, -0.15) is 0 Å². The number of nitrogens with one attached hydrogen (secondary N) is 1. The minimum atomic E-state index is -0.197. The molecule has 4 heteroatoms. The average molecular weight is 282 g/mol. The lowest BCUT2D eigenvalue weighted by Gasteiger charge is -2.24. The fourth-order valence-electron chi connectivity index (χ4n) is 2.21. The summed E-state index contributed by atoms with van der Waals surface area (Å²) < 4.78 is 19.5. The van der Waals surface area contributed by atoms with Gasteiger partial charge in [0.05, 0.1) is 7.11 Å². The molecule has 0 heterocycles. The number of ether oxygens (including phenoxy) is 1. The van der Waals surface area contributed by atoms with Crippen molar-refractivity contribution in [2.24, 2.45) is 0 Å². The van der Waals surface area contributed by atoms with Crippen molar-refractivity contribution in [1.29, 1.82) is 0 Å². The predicted octanol–water partition coefficient (Wildman–Crippen LogP) is 3.22. The molecule has 0 spiro atoms. The van der Waals surface area contributed by atoms with Crippen LogP contribution in [0.3, 0.4) is 0 Å². The van der Waals surface area contributed by atoms with Gasteiger partial charge in [-0.15, -0.1) is 0 Å². The Hall–Kier alpha value is -1.13. The molecule has 0 saturated carbocycles. The molecule has 0 saturated heterocycles. The van der Waals surface area contributed by atoms with E-state index in [1.807, 2.05) is 6.07 Å². The number of nitrogens with zero attached hydrogens (tertiary/aromatic N) is 1. The lowest BCUT2D eigenvalue weighted by Crippen LogP contribution is -2.28. The third-order valence-electron chi connectivity index (χ3n) is 3.56. The van der Waals surface area contributed by atoms with Crippen molar-refractivity contribution in [2.45, 2.75) is 32.7 Å². The number of methoxy groups -OCH3 is 1. The van der Waals surface area contributed by atoms with Crippen LogP contribution in [-0.4, -0.2) is 38.7 Å². The number of rotatable bonds is 9. The van der Waals surface area contributed by atoms with E-state index < -0.39 is 0 Å². The van der Waals surface area contributed by atoms with Crippen LogP contribution in [-0.2, 0) is 0 Å². The molecule has 0 aliphatic carbocycles. The van der Waals surface area contributed by atoms with Crippen LogP contribution in [0.15, 0.2) is 18.2 Å². The summed E-state index contributed by atoms with van der Waals surface area (Å²) >= 11 is 0. The minimum Gasteiger partial charge on any atom is -0.496 e. The van der Waals surface area contributed by atoms with Gasteiger partial charge in [0, 0.05) is 11.6 Å². The highest BCUT2D eigenvalue weighted by Crippen LogP contribution is 2.30. The summed E-state index contributed by atoms with van der Waals surface area (Å²) in [5.74, 6) is 0.426. The van der Waals surface area contributed by atoms with E-state index in [-0.39, 0.29) is 11.9 Å². The number of halogens is 1. The molecule has 0 fully saturated rings. The van der Waals surface area contributed by atoms with Gasteiger partial charge >= 0.3 is 0 Å². The second-order valence-corrected chi connectivity index (χ2v) is 5.05. The maximum atomic E-state index is 14.2. The Kier molecular flexibility index (Phi) is 7.55. The van der Waals surface area contributed by atoms with Crippen LogP contribution in [0.2, 0.25) is 0 Å². The molecule has 114 valence electrons. The topological polar surface area (TPSA) is 24.5 Å². The number of hydrogen-bond donors (Lipinski definition) is 1. The van der Waals surface area contributed by atoms with Gasteiger partial charge in [0.25, 0.3) is 0 Å². The van der Waals surface area contributed by atoms with Gasteiger partial charge in [0.2, 0.25) is 0 Å². The first-order valence-corrected chi connectivity index (χ1v) is 7.38. The summed E-state index contributed by atoms with van der Waals surface area (Å²) in [6.45, 7) is 7.03. The van der Waals surface area contributed by atoms with E-state index in [1.54, 1.807) is 13.2 Å². The molecule has 1 N–H and O–H groups in total. The monoisotopic (exact) mass is 282 g/mol. The largest absolute Gasteiger partial charge is 0.496 e. The first-order valence-electron chi connectivity index (χ1n) is 7.38. The summed E-state index contributed by atoms with van der Waals surface area (Å²) in [5.41, 5.74) is 0.646. The van der Waals surface area contributed by atoms with E-state index in [2.05, 4.69) is 31.1 Å². The molecule has 3 nitrogen and oxygen atoms in total. The van der Waals surface area contributed by atoms with Crippen LogP contribution in [0, 0.1) is 5.82 Å². The van der Waals surface area contributed by atoms with Crippen molar-refractivity contribution in [3.8, 4) is 5.75 Å². The standard InChI is InChI=1S/C16H27FN2O/c1-5-11-18-14(10-12-19(3)6-2)16-13(17)8-7-9-15(16)20-4/h7-9,14,18H,5-6,10-12H2,1-4H3. The molecular formula is C16H27FN2O. The smallest absolute Gasteiger partial charge is 0.131 e. The molecule has 1 aromatic carbocycles. The molecule has 0 aromatic heterocycles. The molecule has 1 aromatic rings. The van der Waals surface area contributed by atoms with E-state index in [0.29, 0.717) is 11.3 Å². The number of benzene rings is 1. The van der Waals surface area contributed by atoms with Crippen LogP contribution < -0.4 is 10.1 Å². The molecular weight excluding hydrogens is 255 g/mol. The van der Waals surface area contributed by atoms with Gasteiger partial charge in [0.1, 0.15) is 11.6 Å². The van der Waals surface area contributed by atoms with E-state index in [1.165, 1.54) is 6.07 Å². The third-order valence-corrected chi connectivity index (χ3v) is 3.56. The summed E-state index contributed by atoms with van der Waals surface area (Å²) in [5, 5.41) is 3.43. The zero-order chi connectivity index (χ0) is 15.0. The molecule has 0 aliphatic rings. The van der Waals surface area contributed by atoms with Gasteiger partial charge in [0.15, 0.2) is 0 Å². The summed E-state index contributed by atoms with van der Waals surface area (Å²) in [6.07, 6.45) is 1.89. The van der Waals surface area contributed by atoms with Crippen molar-refractivity contribution < 1.29 is 9.13 Å². The quantitative estimate of drug-likeness (QED) is 0.752. The first kappa shape index (κ1) is 16.9. The molecule has 1 atom stereocenters. The molecule has 1 unspecified atom stereocenters. The van der Waals surface area contributed by atoms with Gasteiger partial charge in [-0.1, -0.05) is 19.9 Å². The Morgan fingerprint density at radius 3 is 2.70 bits per heavy atom. The molecule has 0 amide bonds. The lowest BCUT2D eigenvalue weighted by molar-refractivity contribution is 0.313. The second kappa shape index (κ2) is 8.93. The van der Waals surface area contributed by atoms with Gasteiger partial charge < -0.3 is 15.0 Å². The van der Waals surface area contributed by atoms with Crippen molar-refractivity contribution in [3.63, 3.8) is 0 Å². The van der Waals surface area contributed by atoms with Crippen LogP contribution in [0.1, 0.15) is 38.3 Å². The van der Waals surface area contributed by atoms with Gasteiger partial charge in [-0.25, -0.2) is 4.39 Å². The van der Waals surface area contributed by atoms with Gasteiger partial charge in [-0.3, -0.25) is 0 Å². The Balaban J connectivity index is 2.91.